The summed E-state index contributed by atoms with van der Waals surface area (Å²) >= 11 is 4.84. The normalized spacial score (nSPS) is 16.7. The maximum atomic E-state index is 8.97. The van der Waals surface area contributed by atoms with Crippen molar-refractivity contribution < 1.29 is 5.11 Å². The van der Waals surface area contributed by atoms with Crippen molar-refractivity contribution in [3.05, 3.63) is 0 Å². The molecule has 88 valence electrons. The molecule has 3 nitrogen and oxygen atoms in total. The van der Waals surface area contributed by atoms with E-state index < -0.39 is 0 Å². The van der Waals surface area contributed by atoms with Crippen LogP contribution >= 0.6 is 12.2 Å². The van der Waals surface area contributed by atoms with Gasteiger partial charge >= 0.3 is 0 Å². The molecule has 0 aromatic heterocycles. The molecule has 1 aliphatic rings. The standard InChI is InChI=1S/C11H22N2OS/c12-11(15)6-1-2-7-13(8-9-14)10-4-3-5-10/h10,14H,1-9H2,(H2,12,15). The molecule has 0 aromatic rings. The number of aliphatic hydroxyl groups is 1. The molecule has 0 heterocycles. The zero-order valence-corrected chi connectivity index (χ0v) is 10.1. The number of hydrogen-bond acceptors (Lipinski definition) is 3. The van der Waals surface area contributed by atoms with Gasteiger partial charge in [0.2, 0.25) is 0 Å². The van der Waals surface area contributed by atoms with Gasteiger partial charge in [0, 0.05) is 12.6 Å². The summed E-state index contributed by atoms with van der Waals surface area (Å²) in [6.07, 6.45) is 7.01. The lowest BCUT2D eigenvalue weighted by Gasteiger charge is -2.37. The smallest absolute Gasteiger partial charge is 0.0727 e. The highest BCUT2D eigenvalue weighted by molar-refractivity contribution is 7.80. The Labute approximate surface area is 97.6 Å². The van der Waals surface area contributed by atoms with E-state index in [4.69, 9.17) is 23.1 Å². The lowest BCUT2D eigenvalue weighted by atomic mass is 9.91. The summed E-state index contributed by atoms with van der Waals surface area (Å²) in [5.41, 5.74) is 5.44. The average molecular weight is 230 g/mol. The number of nitrogens with zero attached hydrogens (tertiary/aromatic N) is 1. The zero-order valence-electron chi connectivity index (χ0n) is 9.32. The zero-order chi connectivity index (χ0) is 11.1. The molecule has 0 unspecified atom stereocenters. The minimum atomic E-state index is 0.270. The molecular formula is C11H22N2OS. The van der Waals surface area contributed by atoms with Gasteiger partial charge in [-0.3, -0.25) is 4.90 Å². The summed E-state index contributed by atoms with van der Waals surface area (Å²) in [6.45, 7) is 2.16. The molecule has 0 aliphatic heterocycles. The third kappa shape index (κ3) is 4.91. The van der Waals surface area contributed by atoms with E-state index >= 15 is 0 Å². The van der Waals surface area contributed by atoms with Crippen LogP contribution in [0.25, 0.3) is 0 Å². The first-order valence-electron chi connectivity index (χ1n) is 5.87. The number of thiocarbonyl (C=S) groups is 1. The van der Waals surface area contributed by atoms with Crippen molar-refractivity contribution in [1.82, 2.24) is 4.90 Å². The van der Waals surface area contributed by atoms with E-state index in [1.165, 1.54) is 19.3 Å². The molecule has 1 aliphatic carbocycles. The van der Waals surface area contributed by atoms with Gasteiger partial charge in [-0.25, -0.2) is 0 Å². The first-order chi connectivity index (χ1) is 7.24. The molecule has 0 aromatic carbocycles. The third-order valence-corrected chi connectivity index (χ3v) is 3.30. The SMILES string of the molecule is NC(=S)CCCCN(CCO)C1CCC1. The van der Waals surface area contributed by atoms with Crippen LogP contribution in [0.3, 0.4) is 0 Å². The minimum absolute atomic E-state index is 0.270. The molecule has 3 N–H and O–H groups in total. The maximum Gasteiger partial charge on any atom is 0.0727 e. The van der Waals surface area contributed by atoms with Crippen molar-refractivity contribution in [3.8, 4) is 0 Å². The van der Waals surface area contributed by atoms with E-state index in [2.05, 4.69) is 4.90 Å². The predicted octanol–water partition coefficient (Wildman–Crippen LogP) is 1.29. The summed E-state index contributed by atoms with van der Waals surface area (Å²) in [5, 5.41) is 8.97. The maximum absolute atomic E-state index is 8.97. The Morgan fingerprint density at radius 2 is 2.07 bits per heavy atom. The van der Waals surface area contributed by atoms with Crippen molar-refractivity contribution in [2.45, 2.75) is 44.6 Å². The molecule has 0 saturated heterocycles. The van der Waals surface area contributed by atoms with Crippen LogP contribution in [-0.2, 0) is 0 Å². The van der Waals surface area contributed by atoms with E-state index in [0.717, 1.165) is 38.4 Å². The number of aliphatic hydroxyl groups excluding tert-OH is 1. The summed E-state index contributed by atoms with van der Waals surface area (Å²) in [6, 6.07) is 0.724. The molecule has 1 rings (SSSR count). The number of rotatable bonds is 8. The van der Waals surface area contributed by atoms with Gasteiger partial charge in [-0.2, -0.15) is 0 Å². The molecule has 1 fully saturated rings. The van der Waals surface area contributed by atoms with Gasteiger partial charge < -0.3 is 10.8 Å². The van der Waals surface area contributed by atoms with Gasteiger partial charge in [0.05, 0.1) is 11.6 Å². The molecule has 0 radical (unpaired) electrons. The first-order valence-corrected chi connectivity index (χ1v) is 6.28. The Morgan fingerprint density at radius 1 is 1.33 bits per heavy atom. The highest BCUT2D eigenvalue weighted by Gasteiger charge is 2.23. The fourth-order valence-electron chi connectivity index (χ4n) is 1.97. The lowest BCUT2D eigenvalue weighted by molar-refractivity contribution is 0.0998. The third-order valence-electron chi connectivity index (χ3n) is 3.10. The van der Waals surface area contributed by atoms with Gasteiger partial charge in [0.25, 0.3) is 0 Å². The molecular weight excluding hydrogens is 208 g/mol. The van der Waals surface area contributed by atoms with Crippen LogP contribution in [0.1, 0.15) is 38.5 Å². The molecule has 0 bridgehead atoms. The van der Waals surface area contributed by atoms with E-state index in [1.54, 1.807) is 0 Å². The van der Waals surface area contributed by atoms with Crippen molar-refractivity contribution >= 4 is 17.2 Å². The number of unbranched alkanes of at least 4 members (excludes halogenated alkanes) is 1. The molecule has 4 heteroatoms. The van der Waals surface area contributed by atoms with Gasteiger partial charge in [-0.15, -0.1) is 0 Å². The second-order valence-corrected chi connectivity index (χ2v) is 4.79. The Balaban J connectivity index is 2.10. The topological polar surface area (TPSA) is 49.5 Å². The Morgan fingerprint density at radius 3 is 2.53 bits per heavy atom. The van der Waals surface area contributed by atoms with Gasteiger partial charge in [0.1, 0.15) is 0 Å². The largest absolute Gasteiger partial charge is 0.395 e. The monoisotopic (exact) mass is 230 g/mol. The molecule has 15 heavy (non-hydrogen) atoms. The lowest BCUT2D eigenvalue weighted by Crippen LogP contribution is -2.42. The second kappa shape index (κ2) is 7.14. The van der Waals surface area contributed by atoms with Crippen LogP contribution in [0.2, 0.25) is 0 Å². The second-order valence-electron chi connectivity index (χ2n) is 4.27. The van der Waals surface area contributed by atoms with Crippen LogP contribution < -0.4 is 5.73 Å². The Hall–Kier alpha value is -0.190. The Bertz CT molecular complexity index is 195. The van der Waals surface area contributed by atoms with E-state index in [9.17, 15) is 0 Å². The summed E-state index contributed by atoms with van der Waals surface area (Å²) in [4.78, 5) is 3.02. The van der Waals surface area contributed by atoms with E-state index in [1.807, 2.05) is 0 Å². The minimum Gasteiger partial charge on any atom is -0.395 e. The number of hydrogen-bond donors (Lipinski definition) is 2. The highest BCUT2D eigenvalue weighted by atomic mass is 32.1. The van der Waals surface area contributed by atoms with Gasteiger partial charge in [0.15, 0.2) is 0 Å². The van der Waals surface area contributed by atoms with Gasteiger partial charge in [-0.05, 0) is 38.6 Å². The van der Waals surface area contributed by atoms with Crippen molar-refractivity contribution in [2.24, 2.45) is 5.73 Å². The van der Waals surface area contributed by atoms with Crippen molar-refractivity contribution in [2.75, 3.05) is 19.7 Å². The van der Waals surface area contributed by atoms with Crippen LogP contribution in [0.15, 0.2) is 0 Å². The summed E-state index contributed by atoms with van der Waals surface area (Å²) in [5.74, 6) is 0. The van der Waals surface area contributed by atoms with Crippen molar-refractivity contribution in [3.63, 3.8) is 0 Å². The van der Waals surface area contributed by atoms with Crippen LogP contribution in [-0.4, -0.2) is 40.7 Å². The molecule has 0 spiro atoms. The van der Waals surface area contributed by atoms with Crippen molar-refractivity contribution in [1.29, 1.82) is 0 Å². The molecule has 1 saturated carbocycles. The number of nitrogens with two attached hydrogens (primary N) is 1. The predicted molar refractivity (Wildman–Crippen MR) is 66.9 cm³/mol. The molecule has 0 amide bonds. The summed E-state index contributed by atoms with van der Waals surface area (Å²) < 4.78 is 0. The van der Waals surface area contributed by atoms with E-state index in [-0.39, 0.29) is 6.61 Å². The highest BCUT2D eigenvalue weighted by Crippen LogP contribution is 2.24. The first kappa shape index (κ1) is 12.9. The fraction of sp³-hybridized carbons (Fsp3) is 0.909. The van der Waals surface area contributed by atoms with Gasteiger partial charge in [-0.1, -0.05) is 18.6 Å². The Kier molecular flexibility index (Phi) is 6.13. The fourth-order valence-corrected chi connectivity index (χ4v) is 2.12. The quantitative estimate of drug-likeness (QED) is 0.487. The molecule has 0 atom stereocenters. The van der Waals surface area contributed by atoms with Crippen LogP contribution in [0.5, 0.6) is 0 Å². The van der Waals surface area contributed by atoms with E-state index in [0.29, 0.717) is 4.99 Å². The average Bonchev–Trinajstić information content (AvgIpc) is 2.09. The van der Waals surface area contributed by atoms with Crippen LogP contribution in [0, 0.1) is 0 Å². The van der Waals surface area contributed by atoms with Crippen LogP contribution in [0.4, 0.5) is 0 Å². The summed E-state index contributed by atoms with van der Waals surface area (Å²) in [7, 11) is 0.